The maximum atomic E-state index is 13.6. The second kappa shape index (κ2) is 7.46. The van der Waals surface area contributed by atoms with E-state index in [-0.39, 0.29) is 18.7 Å². The Balaban J connectivity index is 2.97. The summed E-state index contributed by atoms with van der Waals surface area (Å²) in [5, 5.41) is 8.82. The van der Waals surface area contributed by atoms with Gasteiger partial charge in [-0.05, 0) is 18.2 Å². The first-order valence-electron chi connectivity index (χ1n) is 5.86. The molecular weight excluding hydrogens is 305 g/mol. The van der Waals surface area contributed by atoms with Gasteiger partial charge in [-0.3, -0.25) is 0 Å². The molecule has 21 heavy (non-hydrogen) atoms. The molecule has 0 fully saturated rings. The maximum absolute atomic E-state index is 13.6. The zero-order valence-electron chi connectivity index (χ0n) is 11.5. The van der Waals surface area contributed by atoms with E-state index in [0.29, 0.717) is 0 Å². The molecule has 1 unspecified atom stereocenters. The summed E-state index contributed by atoms with van der Waals surface area (Å²) in [7, 11) is -1.39. The average molecular weight is 321 g/mol. The number of carboxylic acid groups (broad SMARTS) is 1. The number of hydrogen-bond donors (Lipinski definition) is 2. The molecule has 1 atom stereocenters. The highest BCUT2D eigenvalue weighted by molar-refractivity contribution is 7.89. The zero-order valence-corrected chi connectivity index (χ0v) is 12.3. The number of hydrogen-bond acceptors (Lipinski definition) is 5. The van der Waals surface area contributed by atoms with Crippen LogP contribution in [0.15, 0.2) is 23.1 Å². The lowest BCUT2D eigenvalue weighted by molar-refractivity contribution is 0.0320. The first-order chi connectivity index (χ1) is 9.81. The third-order valence-corrected chi connectivity index (χ3v) is 4.09. The van der Waals surface area contributed by atoms with Gasteiger partial charge < -0.3 is 14.6 Å². The molecule has 9 heteroatoms. The van der Waals surface area contributed by atoms with E-state index in [4.69, 9.17) is 14.6 Å². The van der Waals surface area contributed by atoms with Crippen LogP contribution in [0.3, 0.4) is 0 Å². The van der Waals surface area contributed by atoms with Crippen molar-refractivity contribution in [3.63, 3.8) is 0 Å². The molecule has 0 amide bonds. The summed E-state index contributed by atoms with van der Waals surface area (Å²) in [5.41, 5.74) is -0.322. The fourth-order valence-electron chi connectivity index (χ4n) is 1.52. The standard InChI is InChI=1S/C12H16FNO6S/c1-19-7-9(20-2)6-14-21(17,18)11-5-8(12(15)16)3-4-10(11)13/h3-5,9,14H,6-7H2,1-2H3,(H,15,16). The molecule has 0 radical (unpaired) electrons. The van der Waals surface area contributed by atoms with Crippen LogP contribution in [0.1, 0.15) is 10.4 Å². The number of aromatic carboxylic acids is 1. The minimum absolute atomic E-state index is 0.136. The number of carbonyl (C=O) groups is 1. The molecule has 0 aliphatic heterocycles. The molecule has 0 heterocycles. The SMILES string of the molecule is COCC(CNS(=O)(=O)c1cc(C(=O)O)ccc1F)OC. The quantitative estimate of drug-likeness (QED) is 0.721. The number of nitrogens with one attached hydrogen (secondary N) is 1. The number of halogens is 1. The molecule has 0 spiro atoms. The van der Waals surface area contributed by atoms with Crippen LogP contribution in [0.4, 0.5) is 4.39 Å². The van der Waals surface area contributed by atoms with Gasteiger partial charge in [0, 0.05) is 20.8 Å². The van der Waals surface area contributed by atoms with E-state index in [9.17, 15) is 17.6 Å². The molecule has 1 rings (SSSR count). The average Bonchev–Trinajstić information content (AvgIpc) is 2.43. The highest BCUT2D eigenvalue weighted by Crippen LogP contribution is 2.16. The van der Waals surface area contributed by atoms with Gasteiger partial charge in [0.25, 0.3) is 0 Å². The van der Waals surface area contributed by atoms with Crippen LogP contribution >= 0.6 is 0 Å². The smallest absolute Gasteiger partial charge is 0.335 e. The highest BCUT2D eigenvalue weighted by atomic mass is 32.2. The van der Waals surface area contributed by atoms with Gasteiger partial charge >= 0.3 is 5.97 Å². The van der Waals surface area contributed by atoms with E-state index >= 15 is 0 Å². The molecule has 0 bridgehead atoms. The number of methoxy groups -OCH3 is 2. The number of rotatable bonds is 8. The van der Waals surface area contributed by atoms with Crippen LogP contribution in [-0.2, 0) is 19.5 Å². The van der Waals surface area contributed by atoms with E-state index in [0.717, 1.165) is 18.2 Å². The largest absolute Gasteiger partial charge is 0.478 e. The predicted molar refractivity (Wildman–Crippen MR) is 71.2 cm³/mol. The van der Waals surface area contributed by atoms with Crippen molar-refractivity contribution in [1.29, 1.82) is 0 Å². The molecule has 0 aromatic heterocycles. The number of sulfonamides is 1. The first kappa shape index (κ1) is 17.5. The Hall–Kier alpha value is -1.55. The highest BCUT2D eigenvalue weighted by Gasteiger charge is 2.22. The van der Waals surface area contributed by atoms with Crippen molar-refractivity contribution in [2.45, 2.75) is 11.0 Å². The zero-order chi connectivity index (χ0) is 16.0. The summed E-state index contributed by atoms with van der Waals surface area (Å²) in [5.74, 6) is -2.38. The van der Waals surface area contributed by atoms with Crippen molar-refractivity contribution in [2.24, 2.45) is 0 Å². The lowest BCUT2D eigenvalue weighted by Gasteiger charge is -2.15. The summed E-state index contributed by atoms with van der Waals surface area (Å²) < 4.78 is 49.6. The first-order valence-corrected chi connectivity index (χ1v) is 7.34. The lowest BCUT2D eigenvalue weighted by Crippen LogP contribution is -2.36. The molecular formula is C12H16FNO6S. The summed E-state index contributed by atoms with van der Waals surface area (Å²) in [4.78, 5) is 10.1. The number of carboxylic acids is 1. The Bertz CT molecular complexity index is 604. The molecule has 2 N–H and O–H groups in total. The van der Waals surface area contributed by atoms with Crippen LogP contribution in [0.5, 0.6) is 0 Å². The molecule has 0 aliphatic carbocycles. The number of ether oxygens (including phenoxy) is 2. The Morgan fingerprint density at radius 3 is 2.62 bits per heavy atom. The number of benzene rings is 1. The van der Waals surface area contributed by atoms with Crippen molar-refractivity contribution in [3.05, 3.63) is 29.6 Å². The van der Waals surface area contributed by atoms with Crippen molar-refractivity contribution in [2.75, 3.05) is 27.4 Å². The third kappa shape index (κ3) is 4.74. The predicted octanol–water partition coefficient (Wildman–Crippen LogP) is 0.464. The summed E-state index contributed by atoms with van der Waals surface area (Å²) in [6, 6.07) is 2.54. The molecule has 7 nitrogen and oxygen atoms in total. The van der Waals surface area contributed by atoms with E-state index in [2.05, 4.69) is 4.72 Å². The molecule has 1 aromatic carbocycles. The summed E-state index contributed by atoms with van der Waals surface area (Å²) in [6.07, 6.45) is -0.546. The Morgan fingerprint density at radius 2 is 2.10 bits per heavy atom. The minimum atomic E-state index is -4.19. The second-order valence-electron chi connectivity index (χ2n) is 4.12. The minimum Gasteiger partial charge on any atom is -0.478 e. The van der Waals surface area contributed by atoms with Crippen LogP contribution in [0, 0.1) is 5.82 Å². The van der Waals surface area contributed by atoms with Gasteiger partial charge in [0.15, 0.2) is 0 Å². The van der Waals surface area contributed by atoms with E-state index in [1.165, 1.54) is 14.2 Å². The fourth-order valence-corrected chi connectivity index (χ4v) is 2.69. The van der Waals surface area contributed by atoms with Gasteiger partial charge in [-0.15, -0.1) is 0 Å². The molecule has 1 aromatic rings. The van der Waals surface area contributed by atoms with Gasteiger partial charge in [-0.2, -0.15) is 0 Å². The molecule has 0 saturated carbocycles. The topological polar surface area (TPSA) is 102 Å². The summed E-state index contributed by atoms with van der Waals surface area (Å²) in [6.45, 7) is 0.0140. The van der Waals surface area contributed by atoms with Crippen LogP contribution in [0.25, 0.3) is 0 Å². The van der Waals surface area contributed by atoms with Gasteiger partial charge in [-0.1, -0.05) is 0 Å². The molecule has 118 valence electrons. The molecule has 0 aliphatic rings. The van der Waals surface area contributed by atoms with E-state index in [1.807, 2.05) is 0 Å². The normalized spacial score (nSPS) is 13.1. The van der Waals surface area contributed by atoms with Crippen LogP contribution in [0.2, 0.25) is 0 Å². The van der Waals surface area contributed by atoms with Crippen LogP contribution < -0.4 is 4.72 Å². The van der Waals surface area contributed by atoms with Crippen molar-refractivity contribution < 1.29 is 32.2 Å². The third-order valence-electron chi connectivity index (χ3n) is 2.65. The monoisotopic (exact) mass is 321 g/mol. The van der Waals surface area contributed by atoms with Gasteiger partial charge in [0.2, 0.25) is 10.0 Å². The lowest BCUT2D eigenvalue weighted by atomic mass is 10.2. The van der Waals surface area contributed by atoms with Crippen molar-refractivity contribution in [3.8, 4) is 0 Å². The van der Waals surface area contributed by atoms with Gasteiger partial charge in [-0.25, -0.2) is 22.3 Å². The maximum Gasteiger partial charge on any atom is 0.335 e. The Labute approximate surface area is 121 Å². The molecule has 0 saturated heterocycles. The summed E-state index contributed by atoms with van der Waals surface area (Å²) >= 11 is 0. The van der Waals surface area contributed by atoms with Gasteiger partial charge in [0.05, 0.1) is 18.3 Å². The van der Waals surface area contributed by atoms with Crippen molar-refractivity contribution >= 4 is 16.0 Å². The van der Waals surface area contributed by atoms with Crippen molar-refractivity contribution in [1.82, 2.24) is 4.72 Å². The fraction of sp³-hybridized carbons (Fsp3) is 0.417. The van der Waals surface area contributed by atoms with Crippen LogP contribution in [-0.4, -0.2) is 53.0 Å². The van der Waals surface area contributed by atoms with E-state index in [1.54, 1.807) is 0 Å². The second-order valence-corrected chi connectivity index (χ2v) is 5.85. The van der Waals surface area contributed by atoms with E-state index < -0.39 is 32.8 Å². The Morgan fingerprint density at radius 1 is 1.43 bits per heavy atom. The van der Waals surface area contributed by atoms with Gasteiger partial charge in [0.1, 0.15) is 10.7 Å². The Kier molecular flexibility index (Phi) is 6.21.